The topological polar surface area (TPSA) is 56.7 Å². The summed E-state index contributed by atoms with van der Waals surface area (Å²) >= 11 is 0. The Labute approximate surface area is 109 Å². The van der Waals surface area contributed by atoms with E-state index in [0.29, 0.717) is 5.92 Å². The molecule has 2 aliphatic rings. The van der Waals surface area contributed by atoms with Gasteiger partial charge in [0.2, 0.25) is 0 Å². The second kappa shape index (κ2) is 5.39. The van der Waals surface area contributed by atoms with E-state index in [4.69, 9.17) is 5.73 Å². The minimum Gasteiger partial charge on any atom is -0.330 e. The predicted octanol–water partition coefficient (Wildman–Crippen LogP) is 2.24. The van der Waals surface area contributed by atoms with E-state index in [0.717, 1.165) is 25.4 Å². The van der Waals surface area contributed by atoms with Crippen LogP contribution in [0.15, 0.2) is 0 Å². The van der Waals surface area contributed by atoms with E-state index in [1.54, 1.807) is 0 Å². The van der Waals surface area contributed by atoms with Gasteiger partial charge in [-0.1, -0.05) is 6.42 Å². The zero-order chi connectivity index (χ0) is 12.4. The van der Waals surface area contributed by atoms with E-state index < -0.39 is 0 Å². The van der Waals surface area contributed by atoms with Crippen LogP contribution in [-0.2, 0) is 13.0 Å². The first-order valence-electron chi connectivity index (χ1n) is 7.50. The molecule has 1 saturated carbocycles. The Hall–Kier alpha value is -0.900. The fraction of sp³-hybridized carbons (Fsp3) is 0.857. The van der Waals surface area contributed by atoms with Crippen molar-refractivity contribution >= 4 is 0 Å². The number of hydrogen-bond acceptors (Lipinski definition) is 3. The summed E-state index contributed by atoms with van der Waals surface area (Å²) in [4.78, 5) is 0. The second-order valence-electron chi connectivity index (χ2n) is 5.89. The molecule has 1 fully saturated rings. The molecular formula is C14H24N4. The van der Waals surface area contributed by atoms with Gasteiger partial charge in [-0.15, -0.1) is 10.2 Å². The number of nitrogens with two attached hydrogens (primary N) is 1. The molecule has 1 aromatic heterocycles. The van der Waals surface area contributed by atoms with Crippen LogP contribution in [0, 0.1) is 5.92 Å². The standard InChI is InChI=1S/C14H24N4/c15-10-11-5-7-12(8-6-11)14-17-16-13-4-2-1-3-9-18(13)14/h11-12H,1-10,15H2. The van der Waals surface area contributed by atoms with Crippen molar-refractivity contribution in [2.45, 2.75) is 63.8 Å². The van der Waals surface area contributed by atoms with Gasteiger partial charge in [0.1, 0.15) is 11.6 Å². The van der Waals surface area contributed by atoms with Gasteiger partial charge >= 0.3 is 0 Å². The van der Waals surface area contributed by atoms with Crippen molar-refractivity contribution in [3.05, 3.63) is 11.6 Å². The molecule has 0 radical (unpaired) electrons. The molecule has 1 aliphatic carbocycles. The lowest BCUT2D eigenvalue weighted by molar-refractivity contribution is 0.319. The van der Waals surface area contributed by atoms with Gasteiger partial charge in [0, 0.05) is 18.9 Å². The van der Waals surface area contributed by atoms with Crippen LogP contribution in [0.1, 0.15) is 62.5 Å². The first-order chi connectivity index (χ1) is 8.88. The Balaban J connectivity index is 1.75. The summed E-state index contributed by atoms with van der Waals surface area (Å²) in [6.45, 7) is 1.99. The van der Waals surface area contributed by atoms with Crippen LogP contribution in [0.3, 0.4) is 0 Å². The number of rotatable bonds is 2. The summed E-state index contributed by atoms with van der Waals surface area (Å²) in [5.41, 5.74) is 5.77. The molecule has 0 unspecified atom stereocenters. The van der Waals surface area contributed by atoms with Crippen molar-refractivity contribution in [1.82, 2.24) is 14.8 Å². The summed E-state index contributed by atoms with van der Waals surface area (Å²) in [6, 6.07) is 0. The van der Waals surface area contributed by atoms with Crippen molar-refractivity contribution in [2.24, 2.45) is 11.7 Å². The van der Waals surface area contributed by atoms with E-state index in [2.05, 4.69) is 14.8 Å². The maximum absolute atomic E-state index is 5.77. The Morgan fingerprint density at radius 1 is 1.06 bits per heavy atom. The SMILES string of the molecule is NCC1CCC(c2nnc3n2CCCCC3)CC1. The molecule has 0 atom stereocenters. The van der Waals surface area contributed by atoms with Gasteiger partial charge in [-0.2, -0.15) is 0 Å². The first-order valence-corrected chi connectivity index (χ1v) is 7.50. The van der Waals surface area contributed by atoms with Gasteiger partial charge in [0.25, 0.3) is 0 Å². The van der Waals surface area contributed by atoms with Crippen LogP contribution >= 0.6 is 0 Å². The molecule has 1 aliphatic heterocycles. The highest BCUT2D eigenvalue weighted by molar-refractivity contribution is 5.05. The molecule has 4 heteroatoms. The van der Waals surface area contributed by atoms with E-state index in [1.807, 2.05) is 0 Å². The highest BCUT2D eigenvalue weighted by atomic mass is 15.3. The largest absolute Gasteiger partial charge is 0.330 e. The van der Waals surface area contributed by atoms with Crippen LogP contribution in [0.5, 0.6) is 0 Å². The fourth-order valence-corrected chi connectivity index (χ4v) is 3.47. The zero-order valence-corrected chi connectivity index (χ0v) is 11.1. The van der Waals surface area contributed by atoms with Gasteiger partial charge in [-0.25, -0.2) is 0 Å². The average Bonchev–Trinajstić information content (AvgIpc) is 2.68. The maximum atomic E-state index is 5.77. The maximum Gasteiger partial charge on any atom is 0.136 e. The molecule has 3 rings (SSSR count). The lowest BCUT2D eigenvalue weighted by Crippen LogP contribution is -2.22. The van der Waals surface area contributed by atoms with Crippen molar-refractivity contribution in [3.63, 3.8) is 0 Å². The van der Waals surface area contributed by atoms with Crippen LogP contribution in [0.4, 0.5) is 0 Å². The molecule has 0 amide bonds. The third kappa shape index (κ3) is 2.30. The summed E-state index contributed by atoms with van der Waals surface area (Å²) in [6.07, 6.45) is 10.1. The molecule has 0 bridgehead atoms. The van der Waals surface area contributed by atoms with Crippen molar-refractivity contribution in [2.75, 3.05) is 6.54 Å². The summed E-state index contributed by atoms with van der Waals surface area (Å²) < 4.78 is 2.42. The summed E-state index contributed by atoms with van der Waals surface area (Å²) in [5.74, 6) is 3.87. The smallest absolute Gasteiger partial charge is 0.136 e. The average molecular weight is 248 g/mol. The lowest BCUT2D eigenvalue weighted by Gasteiger charge is -2.27. The lowest BCUT2D eigenvalue weighted by atomic mass is 9.81. The van der Waals surface area contributed by atoms with Crippen molar-refractivity contribution < 1.29 is 0 Å². The molecule has 2 heterocycles. The molecule has 1 aromatic rings. The Bertz CT molecular complexity index is 390. The van der Waals surface area contributed by atoms with Gasteiger partial charge in [-0.05, 0) is 51.0 Å². The van der Waals surface area contributed by atoms with E-state index >= 15 is 0 Å². The Morgan fingerprint density at radius 2 is 1.89 bits per heavy atom. The minimum atomic E-state index is 0.632. The van der Waals surface area contributed by atoms with Crippen molar-refractivity contribution in [3.8, 4) is 0 Å². The first kappa shape index (κ1) is 12.2. The molecule has 0 spiro atoms. The summed E-state index contributed by atoms with van der Waals surface area (Å²) in [5, 5.41) is 8.92. The number of fused-ring (bicyclic) bond motifs is 1. The van der Waals surface area contributed by atoms with Crippen molar-refractivity contribution in [1.29, 1.82) is 0 Å². The number of hydrogen-bond donors (Lipinski definition) is 1. The number of nitrogens with zero attached hydrogens (tertiary/aromatic N) is 3. The van der Waals surface area contributed by atoms with Gasteiger partial charge < -0.3 is 10.3 Å². The number of aryl methyl sites for hydroxylation is 1. The third-order valence-corrected chi connectivity index (χ3v) is 4.68. The number of aromatic nitrogens is 3. The molecule has 2 N–H and O–H groups in total. The quantitative estimate of drug-likeness (QED) is 0.873. The van der Waals surface area contributed by atoms with Gasteiger partial charge in [0.15, 0.2) is 0 Å². The van der Waals surface area contributed by atoms with E-state index in [9.17, 15) is 0 Å². The molecular weight excluding hydrogens is 224 g/mol. The molecule has 0 aromatic carbocycles. The second-order valence-corrected chi connectivity index (χ2v) is 5.89. The normalized spacial score (nSPS) is 28.7. The highest BCUT2D eigenvalue weighted by Crippen LogP contribution is 2.35. The van der Waals surface area contributed by atoms with E-state index in [1.165, 1.54) is 56.6 Å². The molecule has 0 saturated heterocycles. The molecule has 18 heavy (non-hydrogen) atoms. The van der Waals surface area contributed by atoms with Gasteiger partial charge in [0.05, 0.1) is 0 Å². The highest BCUT2D eigenvalue weighted by Gasteiger charge is 2.26. The zero-order valence-electron chi connectivity index (χ0n) is 11.1. The van der Waals surface area contributed by atoms with E-state index in [-0.39, 0.29) is 0 Å². The van der Waals surface area contributed by atoms with Gasteiger partial charge in [-0.3, -0.25) is 0 Å². The third-order valence-electron chi connectivity index (χ3n) is 4.68. The molecule has 100 valence electrons. The monoisotopic (exact) mass is 248 g/mol. The van der Waals surface area contributed by atoms with Crippen LogP contribution < -0.4 is 5.73 Å². The molecule has 4 nitrogen and oxygen atoms in total. The van der Waals surface area contributed by atoms with Crippen LogP contribution in [-0.4, -0.2) is 21.3 Å². The summed E-state index contributed by atoms with van der Waals surface area (Å²) in [7, 11) is 0. The Kier molecular flexibility index (Phi) is 3.64. The fourth-order valence-electron chi connectivity index (χ4n) is 3.47. The predicted molar refractivity (Wildman–Crippen MR) is 71.3 cm³/mol. The van der Waals surface area contributed by atoms with Crippen LogP contribution in [0.25, 0.3) is 0 Å². The Morgan fingerprint density at radius 3 is 2.67 bits per heavy atom. The minimum absolute atomic E-state index is 0.632. The van der Waals surface area contributed by atoms with Crippen LogP contribution in [0.2, 0.25) is 0 Å².